The normalized spacial score (nSPS) is 30.3. The van der Waals surface area contributed by atoms with Gasteiger partial charge in [-0.15, -0.1) is 0 Å². The van der Waals surface area contributed by atoms with E-state index in [0.29, 0.717) is 17.1 Å². The van der Waals surface area contributed by atoms with Crippen LogP contribution < -0.4 is 19.4 Å². The number of fused-ring (bicyclic) bond motifs is 1. The van der Waals surface area contributed by atoms with Crippen LogP contribution in [0.1, 0.15) is 6.23 Å². The van der Waals surface area contributed by atoms with Crippen molar-refractivity contribution in [1.29, 1.82) is 0 Å². The number of phosphoric acid groups is 4. The molecule has 3 aromatic rings. The number of anilines is 1. The van der Waals surface area contributed by atoms with Crippen molar-refractivity contribution >= 4 is 48.3 Å². The van der Waals surface area contributed by atoms with Crippen LogP contribution in [-0.2, 0) is 56.8 Å². The van der Waals surface area contributed by atoms with Gasteiger partial charge in [-0.2, -0.15) is 12.9 Å². The molecule has 2 saturated heterocycles. The minimum atomic E-state index is -6.17. The number of aliphatic hydroxyl groups is 4. The summed E-state index contributed by atoms with van der Waals surface area (Å²) in [4.78, 5) is 48.1. The number of aryl methyl sites for hydroxylation is 1. The van der Waals surface area contributed by atoms with E-state index in [-0.39, 0.29) is 11.4 Å². The van der Waals surface area contributed by atoms with Crippen molar-refractivity contribution in [3.05, 3.63) is 36.9 Å². The Labute approximate surface area is 303 Å². The number of hydrogen-bond donors (Lipinski definition) is 9. The predicted octanol–water partition coefficient (Wildman–Crippen LogP) is -1.06. The third kappa shape index (κ3) is 10.1. The minimum Gasteiger partial charge on any atom is -0.497 e. The van der Waals surface area contributed by atoms with Crippen LogP contribution in [0.3, 0.4) is 0 Å². The highest BCUT2D eigenvalue weighted by molar-refractivity contribution is 7.69. The Hall–Kier alpha value is -2.51. The van der Waals surface area contributed by atoms with Gasteiger partial charge in [0.1, 0.15) is 54.5 Å². The maximum atomic E-state index is 12.5. The molecule has 54 heavy (non-hydrogen) atoms. The first-order chi connectivity index (χ1) is 25.1. The molecule has 0 saturated carbocycles. The molecule has 2 aliphatic rings. The van der Waals surface area contributed by atoms with Crippen molar-refractivity contribution in [2.75, 3.05) is 32.7 Å². The van der Waals surface area contributed by atoms with E-state index in [4.69, 9.17) is 18.9 Å². The predicted molar refractivity (Wildman–Crippen MR) is 173 cm³/mol. The van der Waals surface area contributed by atoms with Crippen LogP contribution in [0.4, 0.5) is 5.82 Å². The third-order valence-electron chi connectivity index (χ3n) is 7.60. The zero-order valence-corrected chi connectivity index (χ0v) is 31.5. The Kier molecular flexibility index (Phi) is 13.1. The van der Waals surface area contributed by atoms with Crippen LogP contribution in [0.15, 0.2) is 36.9 Å². The van der Waals surface area contributed by atoms with E-state index in [9.17, 15) is 58.3 Å². The van der Waals surface area contributed by atoms with Gasteiger partial charge >= 0.3 is 31.3 Å². The number of rotatable bonds is 17. The molecule has 12 atom stereocenters. The quantitative estimate of drug-likeness (QED) is 0.0577. The average Bonchev–Trinajstić information content (AvgIpc) is 3.71. The van der Waals surface area contributed by atoms with Crippen molar-refractivity contribution < 1.29 is 104 Å². The number of aliphatic hydroxyl groups excluding tert-OH is 4. The molecule has 4 heterocycles. The molecule has 30 heteroatoms. The van der Waals surface area contributed by atoms with Crippen LogP contribution in [0.25, 0.3) is 11.2 Å². The van der Waals surface area contributed by atoms with E-state index in [1.54, 1.807) is 18.7 Å². The molecule has 26 nitrogen and oxygen atoms in total. The fraction of sp³-hybridized carbons (Fsp3) is 0.542. The summed E-state index contributed by atoms with van der Waals surface area (Å²) in [6.45, 7) is -2.17. The lowest BCUT2D eigenvalue weighted by molar-refractivity contribution is -0.659. The van der Waals surface area contributed by atoms with Crippen LogP contribution in [-0.4, -0.2) is 125 Å². The fourth-order valence-electron chi connectivity index (χ4n) is 5.13. The van der Waals surface area contributed by atoms with Gasteiger partial charge in [0.25, 0.3) is 5.82 Å². The lowest BCUT2D eigenvalue weighted by Gasteiger charge is -2.21. The highest BCUT2D eigenvalue weighted by Gasteiger charge is 2.50. The first-order valence-corrected chi connectivity index (χ1v) is 21.1. The molecule has 9 N–H and O–H groups in total. The highest BCUT2D eigenvalue weighted by atomic mass is 31.3. The van der Waals surface area contributed by atoms with E-state index in [1.165, 1.54) is 48.6 Å². The first-order valence-electron chi connectivity index (χ1n) is 15.1. The van der Waals surface area contributed by atoms with Gasteiger partial charge in [0, 0.05) is 7.05 Å². The monoisotopic (exact) mass is 854 g/mol. The van der Waals surface area contributed by atoms with Crippen LogP contribution >= 0.6 is 31.3 Å². The van der Waals surface area contributed by atoms with E-state index >= 15 is 0 Å². The first kappa shape index (κ1) is 42.6. The molecule has 0 radical (unpaired) electrons. The van der Waals surface area contributed by atoms with Crippen molar-refractivity contribution in [1.82, 2.24) is 14.5 Å². The summed E-state index contributed by atoms with van der Waals surface area (Å²) in [7, 11) is -19.1. The second kappa shape index (κ2) is 16.5. The van der Waals surface area contributed by atoms with E-state index in [0.717, 1.165) is 0 Å². The number of aromatic nitrogens is 4. The number of hydrogen-bond acceptors (Lipinski definition) is 20. The minimum absolute atomic E-state index is 0.170. The Morgan fingerprint density at radius 2 is 1.30 bits per heavy atom. The Balaban J connectivity index is 1.12. The van der Waals surface area contributed by atoms with Crippen LogP contribution in [0.5, 0.6) is 11.5 Å². The maximum Gasteiger partial charge on any atom is 0.490 e. The number of methoxy groups -OCH3 is 1. The van der Waals surface area contributed by atoms with Gasteiger partial charge in [-0.3, -0.25) is 13.6 Å². The SMILES string of the molecule is CNc1c2ncn([C@@H]3O[C@H](COP(=O)(O)OP(=O)(O)OP(=O)(O)OP(=O)(O)OC[C@H]4O[C@@H](Oc5ccc(OC)cc5)[C@H](O)[C@@H]4O)[C@@H](O)[C@H]3O)c2nc[n+]1C. The largest absolute Gasteiger partial charge is 0.497 e. The van der Waals surface area contributed by atoms with E-state index in [1.807, 2.05) is 0 Å². The molecular weight excluding hydrogens is 818 g/mol. The van der Waals surface area contributed by atoms with Crippen molar-refractivity contribution in [3.63, 3.8) is 0 Å². The summed E-state index contributed by atoms with van der Waals surface area (Å²) >= 11 is 0. The molecule has 2 aromatic heterocycles. The third-order valence-corrected chi connectivity index (χ3v) is 13.5. The number of nitrogens with zero attached hydrogens (tertiary/aromatic N) is 4. The number of imidazole rings is 1. The lowest BCUT2D eigenvalue weighted by atomic mass is 10.1. The van der Waals surface area contributed by atoms with Crippen molar-refractivity contribution in [2.24, 2.45) is 7.05 Å². The number of ether oxygens (including phenoxy) is 4. The summed E-state index contributed by atoms with van der Waals surface area (Å²) < 4.78 is 94.4. The number of phosphoric ester groups is 2. The summed E-state index contributed by atoms with van der Waals surface area (Å²) in [6.07, 6.45) is -10.3. The summed E-state index contributed by atoms with van der Waals surface area (Å²) in [6, 6.07) is 5.93. The smallest absolute Gasteiger partial charge is 0.490 e. The molecule has 4 unspecified atom stereocenters. The molecule has 2 fully saturated rings. The zero-order valence-electron chi connectivity index (χ0n) is 28.0. The highest BCUT2D eigenvalue weighted by Crippen LogP contribution is 2.71. The van der Waals surface area contributed by atoms with Gasteiger partial charge in [0.15, 0.2) is 11.7 Å². The molecule has 302 valence electrons. The molecule has 0 aliphatic carbocycles. The molecule has 0 spiro atoms. The number of nitrogens with one attached hydrogen (secondary N) is 1. The van der Waals surface area contributed by atoms with Crippen LogP contribution in [0.2, 0.25) is 0 Å². The van der Waals surface area contributed by atoms with Gasteiger partial charge in [0.05, 0.1) is 27.4 Å². The van der Waals surface area contributed by atoms with Crippen molar-refractivity contribution in [2.45, 2.75) is 49.1 Å². The maximum absolute atomic E-state index is 12.5. The number of benzene rings is 1. The summed E-state index contributed by atoms with van der Waals surface area (Å²) in [5.41, 5.74) is 0.575. The van der Waals surface area contributed by atoms with Crippen LogP contribution in [0, 0.1) is 0 Å². The molecule has 5 rings (SSSR count). The topological polar surface area (TPSA) is 360 Å². The Morgan fingerprint density at radius 3 is 1.85 bits per heavy atom. The molecule has 0 bridgehead atoms. The van der Waals surface area contributed by atoms with Gasteiger partial charge in [-0.25, -0.2) is 27.8 Å². The zero-order chi connectivity index (χ0) is 39.8. The Morgan fingerprint density at radius 1 is 0.778 bits per heavy atom. The lowest BCUT2D eigenvalue weighted by Crippen LogP contribution is -2.35. The molecule has 0 amide bonds. The van der Waals surface area contributed by atoms with E-state index in [2.05, 4.69) is 37.3 Å². The molecular formula is C24H36N5O21P4+. The standard InChI is InChI=1S/C24H35N5O21P4/c1-25-21-16-22(27-10-28(21)2)29(11-26-16)23-19(32)17(30)14(46-23)8-43-51(34,35)48-53(38,39)50-54(40,41)49-52(36,37)44-9-15-18(31)20(33)24(47-15)45-13-6-4-12(42-3)5-7-13/h4-7,10-11,14-15,17-20,23-24,30-33H,8-9H2,1-3H3,(H4,34,35,36,37,38,39,40,41)/p+1/t14-,15-,17-,18-,19-,20-,23-,24-/m1/s1. The van der Waals surface area contributed by atoms with E-state index < -0.39 is 93.6 Å². The van der Waals surface area contributed by atoms with Gasteiger partial charge < -0.3 is 64.3 Å². The molecule has 1 aromatic carbocycles. The Bertz CT molecular complexity index is 1990. The average molecular weight is 854 g/mol. The van der Waals surface area contributed by atoms with Gasteiger partial charge in [0.2, 0.25) is 18.3 Å². The summed E-state index contributed by atoms with van der Waals surface area (Å²) in [5, 5.41) is 44.6. The van der Waals surface area contributed by atoms with Gasteiger partial charge in [-0.1, -0.05) is 4.98 Å². The summed E-state index contributed by atoms with van der Waals surface area (Å²) in [5.74, 6) is 1.19. The van der Waals surface area contributed by atoms with Crippen molar-refractivity contribution in [3.8, 4) is 11.5 Å². The fourth-order valence-corrected chi connectivity index (χ4v) is 10.1. The second-order valence-electron chi connectivity index (χ2n) is 11.4. The molecule has 2 aliphatic heterocycles. The van der Waals surface area contributed by atoms with Gasteiger partial charge in [-0.05, 0) is 24.3 Å². The second-order valence-corrected chi connectivity index (χ2v) is 17.6.